The van der Waals surface area contributed by atoms with Crippen molar-refractivity contribution in [1.29, 1.82) is 0 Å². The van der Waals surface area contributed by atoms with E-state index in [1.807, 2.05) is 0 Å². The third-order valence-electron chi connectivity index (χ3n) is 2.84. The molecule has 0 aromatic heterocycles. The van der Waals surface area contributed by atoms with Gasteiger partial charge in [-0.15, -0.1) is 0 Å². The Kier molecular flexibility index (Phi) is 4.47. The summed E-state index contributed by atoms with van der Waals surface area (Å²) in [5, 5.41) is 23.3. The van der Waals surface area contributed by atoms with Crippen LogP contribution < -0.4 is 10.1 Å². The second kappa shape index (κ2) is 6.31. The minimum Gasteiger partial charge on any atom is -0.507 e. The number of rotatable bonds is 4. The summed E-state index contributed by atoms with van der Waals surface area (Å²) in [6, 6.07) is 7.95. The number of nitro benzene ring substituents is 1. The maximum atomic E-state index is 12.1. The fourth-order valence-electron chi connectivity index (χ4n) is 1.79. The smallest absolute Gasteiger partial charge is 0.311 e. The summed E-state index contributed by atoms with van der Waals surface area (Å²) in [4.78, 5) is 22.3. The molecular weight excluding hydrogens is 312 g/mol. The maximum Gasteiger partial charge on any atom is 0.311 e. The monoisotopic (exact) mass is 322 g/mol. The van der Waals surface area contributed by atoms with Gasteiger partial charge in [0.2, 0.25) is 0 Å². The Morgan fingerprint density at radius 2 is 2.05 bits per heavy atom. The topological polar surface area (TPSA) is 102 Å². The van der Waals surface area contributed by atoms with Crippen LogP contribution in [0.3, 0.4) is 0 Å². The number of benzene rings is 2. The average Bonchev–Trinajstić information content (AvgIpc) is 2.49. The lowest BCUT2D eigenvalue weighted by Gasteiger charge is -2.09. The predicted octanol–water partition coefficient (Wildman–Crippen LogP) is 3.21. The molecule has 7 nitrogen and oxygen atoms in total. The summed E-state index contributed by atoms with van der Waals surface area (Å²) < 4.78 is 4.91. The third-order valence-corrected chi connectivity index (χ3v) is 3.07. The van der Waals surface area contributed by atoms with Crippen LogP contribution in [0.25, 0.3) is 0 Å². The number of nitro groups is 1. The molecule has 2 rings (SSSR count). The van der Waals surface area contributed by atoms with E-state index < -0.39 is 10.8 Å². The first-order valence-electron chi connectivity index (χ1n) is 6.04. The molecule has 114 valence electrons. The van der Waals surface area contributed by atoms with Crippen molar-refractivity contribution in [2.45, 2.75) is 0 Å². The Balaban J connectivity index is 2.29. The minimum absolute atomic E-state index is 0.00943. The van der Waals surface area contributed by atoms with Gasteiger partial charge in [0.1, 0.15) is 5.75 Å². The summed E-state index contributed by atoms with van der Waals surface area (Å²) in [5.74, 6) is -0.815. The van der Waals surface area contributed by atoms with Gasteiger partial charge in [0.15, 0.2) is 5.75 Å². The highest BCUT2D eigenvalue weighted by Crippen LogP contribution is 2.30. The van der Waals surface area contributed by atoms with E-state index in [-0.39, 0.29) is 28.4 Å². The number of carbonyl (C=O) groups is 1. The summed E-state index contributed by atoms with van der Waals surface area (Å²) in [6.07, 6.45) is 0. The Labute approximate surface area is 130 Å². The Morgan fingerprint density at radius 3 is 2.68 bits per heavy atom. The zero-order valence-electron chi connectivity index (χ0n) is 11.4. The lowest BCUT2D eigenvalue weighted by Crippen LogP contribution is -2.12. The van der Waals surface area contributed by atoms with Crippen molar-refractivity contribution in [2.24, 2.45) is 0 Å². The van der Waals surface area contributed by atoms with Gasteiger partial charge in [0, 0.05) is 22.8 Å². The van der Waals surface area contributed by atoms with Gasteiger partial charge < -0.3 is 15.2 Å². The van der Waals surface area contributed by atoms with Crippen molar-refractivity contribution in [3.63, 3.8) is 0 Å². The number of carbonyl (C=O) groups excluding carboxylic acids is 1. The van der Waals surface area contributed by atoms with Gasteiger partial charge in [0.25, 0.3) is 5.91 Å². The molecule has 1 amide bonds. The molecule has 8 heteroatoms. The Bertz CT molecular complexity index is 748. The largest absolute Gasteiger partial charge is 0.507 e. The van der Waals surface area contributed by atoms with E-state index >= 15 is 0 Å². The van der Waals surface area contributed by atoms with Gasteiger partial charge in [-0.05, 0) is 24.3 Å². The van der Waals surface area contributed by atoms with Crippen LogP contribution in [-0.4, -0.2) is 23.0 Å². The van der Waals surface area contributed by atoms with Gasteiger partial charge >= 0.3 is 5.69 Å². The number of halogens is 1. The Hall–Kier alpha value is -2.80. The molecule has 0 atom stereocenters. The van der Waals surface area contributed by atoms with Crippen LogP contribution in [-0.2, 0) is 0 Å². The molecule has 0 radical (unpaired) electrons. The van der Waals surface area contributed by atoms with Crippen LogP contribution in [0.15, 0.2) is 36.4 Å². The summed E-state index contributed by atoms with van der Waals surface area (Å²) in [5.41, 5.74) is 0.0581. The van der Waals surface area contributed by atoms with E-state index in [0.29, 0.717) is 5.02 Å². The van der Waals surface area contributed by atoms with E-state index in [4.69, 9.17) is 16.3 Å². The van der Waals surface area contributed by atoms with Crippen molar-refractivity contribution < 1.29 is 19.6 Å². The van der Waals surface area contributed by atoms with Crippen LogP contribution in [0.2, 0.25) is 5.02 Å². The summed E-state index contributed by atoms with van der Waals surface area (Å²) >= 11 is 5.78. The van der Waals surface area contributed by atoms with Gasteiger partial charge in [-0.3, -0.25) is 14.9 Å². The number of nitrogens with one attached hydrogen (secondary N) is 1. The van der Waals surface area contributed by atoms with E-state index in [1.54, 1.807) is 0 Å². The molecule has 0 aliphatic carbocycles. The van der Waals surface area contributed by atoms with Crippen molar-refractivity contribution in [3.05, 3.63) is 57.1 Å². The van der Waals surface area contributed by atoms with E-state index in [2.05, 4.69) is 5.32 Å². The van der Waals surface area contributed by atoms with E-state index in [9.17, 15) is 20.0 Å². The molecule has 0 heterocycles. The van der Waals surface area contributed by atoms with Gasteiger partial charge in [0.05, 0.1) is 17.6 Å². The van der Waals surface area contributed by atoms with Crippen LogP contribution in [0.1, 0.15) is 10.4 Å². The molecule has 2 N–H and O–H groups in total. The van der Waals surface area contributed by atoms with Crippen LogP contribution >= 0.6 is 11.6 Å². The first-order chi connectivity index (χ1) is 10.4. The SMILES string of the molecule is COc1cc(NC(=O)c2cc(Cl)ccc2O)ccc1[N+](=O)[O-]. The normalized spacial score (nSPS) is 10.1. The van der Waals surface area contributed by atoms with Gasteiger partial charge in [-0.25, -0.2) is 0 Å². The molecule has 0 aliphatic rings. The van der Waals surface area contributed by atoms with Crippen LogP contribution in [0.4, 0.5) is 11.4 Å². The second-order valence-corrected chi connectivity index (χ2v) is 4.70. The third kappa shape index (κ3) is 3.26. The predicted molar refractivity (Wildman–Crippen MR) is 80.7 cm³/mol. The van der Waals surface area contributed by atoms with Crippen LogP contribution in [0.5, 0.6) is 11.5 Å². The first kappa shape index (κ1) is 15.6. The molecule has 2 aromatic carbocycles. The number of methoxy groups -OCH3 is 1. The molecular formula is C14H11ClN2O5. The zero-order chi connectivity index (χ0) is 16.3. The van der Waals surface area contributed by atoms with Crippen molar-refractivity contribution >= 4 is 28.9 Å². The molecule has 0 saturated heterocycles. The number of phenolic OH excluding ortho intramolecular Hbond substituents is 1. The van der Waals surface area contributed by atoms with Gasteiger partial charge in [-0.1, -0.05) is 11.6 Å². The van der Waals surface area contributed by atoms with E-state index in [0.717, 1.165) is 0 Å². The molecule has 0 aliphatic heterocycles. The Morgan fingerprint density at radius 1 is 1.32 bits per heavy atom. The van der Waals surface area contributed by atoms with E-state index in [1.165, 1.54) is 43.5 Å². The van der Waals surface area contributed by atoms with Crippen LogP contribution in [0, 0.1) is 10.1 Å². The standard InChI is InChI=1S/C14H11ClN2O5/c1-22-13-7-9(3-4-11(13)17(20)21)16-14(19)10-6-8(15)2-5-12(10)18/h2-7,18H,1H3,(H,16,19). The highest BCUT2D eigenvalue weighted by molar-refractivity contribution is 6.31. The summed E-state index contributed by atoms with van der Waals surface area (Å²) in [6.45, 7) is 0. The number of amides is 1. The molecule has 0 fully saturated rings. The molecule has 2 aromatic rings. The highest BCUT2D eigenvalue weighted by atomic mass is 35.5. The number of aromatic hydroxyl groups is 1. The molecule has 22 heavy (non-hydrogen) atoms. The fraction of sp³-hybridized carbons (Fsp3) is 0.0714. The number of hydrogen-bond acceptors (Lipinski definition) is 5. The van der Waals surface area contributed by atoms with Crippen molar-refractivity contribution in [2.75, 3.05) is 12.4 Å². The minimum atomic E-state index is -0.601. The lowest BCUT2D eigenvalue weighted by molar-refractivity contribution is -0.385. The number of nitrogens with zero attached hydrogens (tertiary/aromatic N) is 1. The number of anilines is 1. The quantitative estimate of drug-likeness (QED) is 0.664. The van der Waals surface area contributed by atoms with Crippen molar-refractivity contribution in [1.82, 2.24) is 0 Å². The number of phenols is 1. The number of ether oxygens (including phenoxy) is 1. The molecule has 0 unspecified atom stereocenters. The second-order valence-electron chi connectivity index (χ2n) is 4.26. The molecule has 0 bridgehead atoms. The maximum absolute atomic E-state index is 12.1. The average molecular weight is 323 g/mol. The molecule has 0 saturated carbocycles. The lowest BCUT2D eigenvalue weighted by atomic mass is 10.1. The zero-order valence-corrected chi connectivity index (χ0v) is 12.1. The summed E-state index contributed by atoms with van der Waals surface area (Å²) in [7, 11) is 1.29. The number of hydrogen-bond donors (Lipinski definition) is 2. The first-order valence-corrected chi connectivity index (χ1v) is 6.42. The fourth-order valence-corrected chi connectivity index (χ4v) is 1.97. The molecule has 0 spiro atoms. The van der Waals surface area contributed by atoms with Crippen molar-refractivity contribution in [3.8, 4) is 11.5 Å². The van der Waals surface area contributed by atoms with Gasteiger partial charge in [-0.2, -0.15) is 0 Å². The highest BCUT2D eigenvalue weighted by Gasteiger charge is 2.17.